The van der Waals surface area contributed by atoms with Crippen molar-refractivity contribution in [1.29, 1.82) is 0 Å². The first kappa shape index (κ1) is 15.4. The van der Waals surface area contributed by atoms with E-state index in [2.05, 4.69) is 43.3 Å². The molecule has 1 aromatic carbocycles. The molecule has 0 amide bonds. The minimum atomic E-state index is 0.989. The highest BCUT2D eigenvalue weighted by Crippen LogP contribution is 2.29. The molecule has 0 aromatic heterocycles. The van der Waals surface area contributed by atoms with Gasteiger partial charge < -0.3 is 0 Å². The average molecular weight is 270 g/mol. The molecule has 0 bridgehead atoms. The predicted octanol–water partition coefficient (Wildman–Crippen LogP) is 6.32. The second kappa shape index (κ2) is 9.00. The molecule has 0 aliphatic heterocycles. The Morgan fingerprint density at radius 2 is 1.80 bits per heavy atom. The molecule has 1 aliphatic rings. The molecule has 1 atom stereocenters. The van der Waals surface area contributed by atoms with Crippen LogP contribution in [0.3, 0.4) is 0 Å². The molecule has 0 N–H and O–H groups in total. The highest BCUT2D eigenvalue weighted by Gasteiger charge is 2.13. The van der Waals surface area contributed by atoms with Crippen LogP contribution in [0.25, 0.3) is 0 Å². The second-order valence-corrected chi connectivity index (χ2v) is 6.34. The molecule has 1 unspecified atom stereocenters. The molecule has 0 heterocycles. The van der Waals surface area contributed by atoms with Gasteiger partial charge in [0.2, 0.25) is 0 Å². The van der Waals surface area contributed by atoms with E-state index in [0.29, 0.717) is 0 Å². The zero-order chi connectivity index (χ0) is 14.0. The van der Waals surface area contributed by atoms with Crippen molar-refractivity contribution >= 4 is 0 Å². The lowest BCUT2D eigenvalue weighted by Crippen LogP contribution is -2.05. The third-order valence-corrected chi connectivity index (χ3v) is 4.64. The summed E-state index contributed by atoms with van der Waals surface area (Å²) in [5.74, 6) is 0.989. The molecular formula is C20H30. The van der Waals surface area contributed by atoms with E-state index in [1.165, 1.54) is 69.8 Å². The summed E-state index contributed by atoms with van der Waals surface area (Å²) in [4.78, 5) is 0. The van der Waals surface area contributed by atoms with Crippen LogP contribution in [0.5, 0.6) is 0 Å². The summed E-state index contributed by atoms with van der Waals surface area (Å²) in [5, 5.41) is 0. The maximum absolute atomic E-state index is 2.56. The Morgan fingerprint density at radius 3 is 2.50 bits per heavy atom. The minimum Gasteiger partial charge on any atom is -0.0851 e. The summed E-state index contributed by atoms with van der Waals surface area (Å²) >= 11 is 0. The lowest BCUT2D eigenvalue weighted by atomic mass is 9.84. The maximum Gasteiger partial charge on any atom is -0.0279 e. The van der Waals surface area contributed by atoms with Gasteiger partial charge >= 0.3 is 0 Å². The van der Waals surface area contributed by atoms with Crippen LogP contribution in [0.4, 0.5) is 0 Å². The van der Waals surface area contributed by atoms with Crippen LogP contribution in [-0.4, -0.2) is 0 Å². The third-order valence-electron chi connectivity index (χ3n) is 4.64. The van der Waals surface area contributed by atoms with Crippen LogP contribution >= 0.6 is 0 Å². The largest absolute Gasteiger partial charge is 0.0851 e. The van der Waals surface area contributed by atoms with Crippen molar-refractivity contribution in [3.63, 3.8) is 0 Å². The van der Waals surface area contributed by atoms with Crippen molar-refractivity contribution in [2.45, 2.75) is 71.1 Å². The number of unbranched alkanes of at least 4 members (excludes halogenated alkanes) is 2. The van der Waals surface area contributed by atoms with E-state index >= 15 is 0 Å². The van der Waals surface area contributed by atoms with E-state index in [-0.39, 0.29) is 0 Å². The first-order valence-corrected chi connectivity index (χ1v) is 8.60. The molecule has 2 rings (SSSR count). The van der Waals surface area contributed by atoms with Gasteiger partial charge in [-0.1, -0.05) is 68.2 Å². The molecule has 0 spiro atoms. The number of hydrogen-bond acceptors (Lipinski definition) is 0. The topological polar surface area (TPSA) is 0 Å². The van der Waals surface area contributed by atoms with Crippen molar-refractivity contribution < 1.29 is 0 Å². The normalized spacial score (nSPS) is 18.9. The number of hydrogen-bond donors (Lipinski definition) is 0. The van der Waals surface area contributed by atoms with E-state index in [0.717, 1.165) is 5.92 Å². The van der Waals surface area contributed by atoms with Crippen LogP contribution in [0.2, 0.25) is 0 Å². The van der Waals surface area contributed by atoms with Gasteiger partial charge in [0.05, 0.1) is 0 Å². The predicted molar refractivity (Wildman–Crippen MR) is 88.9 cm³/mol. The molecule has 20 heavy (non-hydrogen) atoms. The molecule has 0 nitrogen and oxygen atoms in total. The van der Waals surface area contributed by atoms with Crippen LogP contribution < -0.4 is 0 Å². The van der Waals surface area contributed by atoms with Crippen molar-refractivity contribution in [2.24, 2.45) is 5.92 Å². The second-order valence-electron chi connectivity index (χ2n) is 6.34. The lowest BCUT2D eigenvalue weighted by molar-refractivity contribution is 0.417. The number of benzene rings is 1. The van der Waals surface area contributed by atoms with Crippen molar-refractivity contribution in [3.05, 3.63) is 47.5 Å². The molecule has 1 aliphatic carbocycles. The Hall–Kier alpha value is -1.04. The highest BCUT2D eigenvalue weighted by molar-refractivity contribution is 5.14. The SMILES string of the molecule is CCCCC1CC=C(CCCCc2ccccc2)CC1. The molecule has 0 saturated heterocycles. The minimum absolute atomic E-state index is 0.989. The first-order valence-electron chi connectivity index (χ1n) is 8.60. The highest BCUT2D eigenvalue weighted by atomic mass is 14.2. The Labute approximate surface area is 125 Å². The summed E-state index contributed by atoms with van der Waals surface area (Å²) in [6.45, 7) is 2.30. The van der Waals surface area contributed by atoms with Gasteiger partial charge in [-0.05, 0) is 56.4 Å². The first-order chi connectivity index (χ1) is 9.88. The van der Waals surface area contributed by atoms with E-state index < -0.39 is 0 Å². The van der Waals surface area contributed by atoms with E-state index in [1.807, 2.05) is 0 Å². The number of aryl methyl sites for hydroxylation is 1. The summed E-state index contributed by atoms with van der Waals surface area (Å²) < 4.78 is 0. The van der Waals surface area contributed by atoms with E-state index in [9.17, 15) is 0 Å². The quantitative estimate of drug-likeness (QED) is 0.383. The van der Waals surface area contributed by atoms with Gasteiger partial charge in [-0.25, -0.2) is 0 Å². The van der Waals surface area contributed by atoms with E-state index in [4.69, 9.17) is 0 Å². The fourth-order valence-electron chi connectivity index (χ4n) is 3.25. The van der Waals surface area contributed by atoms with Gasteiger partial charge in [0.15, 0.2) is 0 Å². The molecular weight excluding hydrogens is 240 g/mol. The van der Waals surface area contributed by atoms with Gasteiger partial charge in [0.25, 0.3) is 0 Å². The lowest BCUT2D eigenvalue weighted by Gasteiger charge is -2.21. The van der Waals surface area contributed by atoms with Gasteiger partial charge in [0, 0.05) is 0 Å². The van der Waals surface area contributed by atoms with Crippen molar-refractivity contribution in [3.8, 4) is 0 Å². The summed E-state index contributed by atoms with van der Waals surface area (Å²) in [6, 6.07) is 10.9. The Kier molecular flexibility index (Phi) is 6.91. The zero-order valence-corrected chi connectivity index (χ0v) is 13.1. The smallest absolute Gasteiger partial charge is 0.0279 e. The van der Waals surface area contributed by atoms with Crippen LogP contribution in [0.1, 0.15) is 70.3 Å². The third kappa shape index (κ3) is 5.53. The fourth-order valence-corrected chi connectivity index (χ4v) is 3.25. The number of allylic oxidation sites excluding steroid dienone is 2. The summed E-state index contributed by atoms with van der Waals surface area (Å²) in [7, 11) is 0. The Morgan fingerprint density at radius 1 is 1.00 bits per heavy atom. The van der Waals surface area contributed by atoms with Gasteiger partial charge in [-0.15, -0.1) is 0 Å². The average Bonchev–Trinajstić information content (AvgIpc) is 2.52. The van der Waals surface area contributed by atoms with Crippen LogP contribution in [0, 0.1) is 5.92 Å². The Balaban J connectivity index is 1.59. The molecule has 1 aromatic rings. The molecule has 0 heteroatoms. The van der Waals surface area contributed by atoms with Gasteiger partial charge in [-0.2, -0.15) is 0 Å². The van der Waals surface area contributed by atoms with Crippen LogP contribution in [0.15, 0.2) is 42.0 Å². The molecule has 0 radical (unpaired) electrons. The van der Waals surface area contributed by atoms with E-state index in [1.54, 1.807) is 5.57 Å². The number of rotatable bonds is 8. The van der Waals surface area contributed by atoms with Crippen molar-refractivity contribution in [1.82, 2.24) is 0 Å². The fraction of sp³-hybridized carbons (Fsp3) is 0.600. The van der Waals surface area contributed by atoms with Gasteiger partial charge in [0.1, 0.15) is 0 Å². The summed E-state index contributed by atoms with van der Waals surface area (Å²) in [5.41, 5.74) is 3.23. The maximum atomic E-state index is 2.56. The molecule has 110 valence electrons. The Bertz CT molecular complexity index is 388. The van der Waals surface area contributed by atoms with Crippen molar-refractivity contribution in [2.75, 3.05) is 0 Å². The molecule has 0 saturated carbocycles. The molecule has 0 fully saturated rings. The van der Waals surface area contributed by atoms with Crippen LogP contribution in [-0.2, 0) is 6.42 Å². The zero-order valence-electron chi connectivity index (χ0n) is 13.1. The summed E-state index contributed by atoms with van der Waals surface area (Å²) in [6.07, 6.45) is 16.2. The standard InChI is InChI=1S/C20H30/c1-2-3-9-19-14-16-20(17-15-19)13-8-7-12-18-10-5-4-6-11-18/h4-6,10-11,16,19H,2-3,7-9,12-15,17H2,1H3. The van der Waals surface area contributed by atoms with Gasteiger partial charge in [-0.3, -0.25) is 0 Å². The monoisotopic (exact) mass is 270 g/mol.